The number of amides is 2. The fraction of sp³-hybridized carbons (Fsp3) is 0.263. The molecule has 2 aromatic carbocycles. The number of para-hydroxylation sites is 1. The molecule has 1 aliphatic rings. The highest BCUT2D eigenvalue weighted by Crippen LogP contribution is 2.27. The van der Waals surface area contributed by atoms with E-state index in [-0.39, 0.29) is 18.2 Å². The summed E-state index contributed by atoms with van der Waals surface area (Å²) in [4.78, 5) is 26.2. The minimum absolute atomic E-state index is 0.160. The molecule has 23 heavy (non-hydrogen) atoms. The number of carbonyl (C=O) groups excluding carboxylic acids is 2. The molecular weight excluding hydrogens is 288 g/mol. The van der Waals surface area contributed by atoms with Crippen LogP contribution in [0.4, 0.5) is 11.4 Å². The zero-order valence-corrected chi connectivity index (χ0v) is 13.4. The fourth-order valence-electron chi connectivity index (χ4n) is 2.85. The van der Waals surface area contributed by atoms with Gasteiger partial charge in [0, 0.05) is 5.69 Å². The van der Waals surface area contributed by atoms with Crippen LogP contribution in [0.3, 0.4) is 0 Å². The van der Waals surface area contributed by atoms with Crippen molar-refractivity contribution < 1.29 is 9.59 Å². The smallest absolute Gasteiger partial charge is 0.256 e. The van der Waals surface area contributed by atoms with E-state index in [0.717, 1.165) is 17.7 Å². The molecule has 1 atom stereocenters. The van der Waals surface area contributed by atoms with E-state index in [2.05, 4.69) is 12.2 Å². The van der Waals surface area contributed by atoms with Gasteiger partial charge in [0.1, 0.15) is 6.04 Å². The zero-order valence-electron chi connectivity index (χ0n) is 13.4. The van der Waals surface area contributed by atoms with Crippen LogP contribution in [0.5, 0.6) is 0 Å². The molecule has 118 valence electrons. The maximum Gasteiger partial charge on any atom is 0.256 e. The number of benzene rings is 2. The topological polar surface area (TPSA) is 49.4 Å². The molecular formula is C19H20N2O2. The van der Waals surface area contributed by atoms with Crippen LogP contribution in [0, 0.1) is 6.92 Å². The Bertz CT molecular complexity index is 737. The van der Waals surface area contributed by atoms with Gasteiger partial charge in [0.05, 0.1) is 12.1 Å². The summed E-state index contributed by atoms with van der Waals surface area (Å²) in [7, 11) is 0. The van der Waals surface area contributed by atoms with Crippen molar-refractivity contribution in [2.75, 3.05) is 10.2 Å². The molecule has 3 rings (SSSR count). The van der Waals surface area contributed by atoms with Crippen molar-refractivity contribution in [1.82, 2.24) is 0 Å². The van der Waals surface area contributed by atoms with E-state index in [1.807, 2.05) is 55.5 Å². The van der Waals surface area contributed by atoms with E-state index < -0.39 is 6.04 Å². The molecule has 1 N–H and O–H groups in total. The van der Waals surface area contributed by atoms with Crippen molar-refractivity contribution in [1.29, 1.82) is 0 Å². The van der Waals surface area contributed by atoms with Gasteiger partial charge in [0.2, 0.25) is 5.91 Å². The van der Waals surface area contributed by atoms with Crippen molar-refractivity contribution in [3.63, 3.8) is 0 Å². The summed E-state index contributed by atoms with van der Waals surface area (Å²) in [5, 5.41) is 3.18. The number of imide groups is 1. The second-order valence-electron chi connectivity index (χ2n) is 5.81. The highest BCUT2D eigenvalue weighted by atomic mass is 16.2. The molecule has 4 heteroatoms. The summed E-state index contributed by atoms with van der Waals surface area (Å²) < 4.78 is 0. The van der Waals surface area contributed by atoms with Crippen LogP contribution in [-0.4, -0.2) is 17.9 Å². The van der Waals surface area contributed by atoms with Gasteiger partial charge in [-0.2, -0.15) is 0 Å². The molecule has 0 spiro atoms. The predicted octanol–water partition coefficient (Wildman–Crippen LogP) is 3.30. The third-order valence-electron chi connectivity index (χ3n) is 4.21. The third kappa shape index (κ3) is 2.97. The van der Waals surface area contributed by atoms with Gasteiger partial charge in [0.25, 0.3) is 5.91 Å². The SMILES string of the molecule is CCc1ccc(N[C@@H]2CC(=O)N(c3ccccc3C)C2=O)cc1. The second kappa shape index (κ2) is 6.24. The van der Waals surface area contributed by atoms with E-state index in [9.17, 15) is 9.59 Å². The van der Waals surface area contributed by atoms with Crippen LogP contribution in [0.2, 0.25) is 0 Å². The number of nitrogens with zero attached hydrogens (tertiary/aromatic N) is 1. The van der Waals surface area contributed by atoms with Gasteiger partial charge in [-0.1, -0.05) is 37.3 Å². The van der Waals surface area contributed by atoms with E-state index in [4.69, 9.17) is 0 Å². The quantitative estimate of drug-likeness (QED) is 0.882. The molecule has 0 aliphatic carbocycles. The van der Waals surface area contributed by atoms with Crippen LogP contribution in [0.15, 0.2) is 48.5 Å². The molecule has 1 saturated heterocycles. The average molecular weight is 308 g/mol. The Hall–Kier alpha value is -2.62. The number of carbonyl (C=O) groups is 2. The molecule has 2 amide bonds. The van der Waals surface area contributed by atoms with Crippen molar-refractivity contribution in [3.8, 4) is 0 Å². The number of hydrogen-bond acceptors (Lipinski definition) is 3. The lowest BCUT2D eigenvalue weighted by Crippen LogP contribution is -2.35. The molecule has 1 aliphatic heterocycles. The molecule has 1 heterocycles. The van der Waals surface area contributed by atoms with Gasteiger partial charge in [0.15, 0.2) is 0 Å². The van der Waals surface area contributed by atoms with Crippen LogP contribution in [-0.2, 0) is 16.0 Å². The van der Waals surface area contributed by atoms with Gasteiger partial charge in [-0.05, 0) is 42.7 Å². The summed E-state index contributed by atoms with van der Waals surface area (Å²) in [6, 6.07) is 14.9. The molecule has 0 unspecified atom stereocenters. The zero-order chi connectivity index (χ0) is 16.4. The van der Waals surface area contributed by atoms with Gasteiger partial charge in [-0.25, -0.2) is 4.90 Å². The van der Waals surface area contributed by atoms with Gasteiger partial charge >= 0.3 is 0 Å². The first-order chi connectivity index (χ1) is 11.1. The van der Waals surface area contributed by atoms with Crippen LogP contribution in [0.25, 0.3) is 0 Å². The number of aryl methyl sites for hydroxylation is 2. The number of rotatable bonds is 4. The Morgan fingerprint density at radius 3 is 2.43 bits per heavy atom. The van der Waals surface area contributed by atoms with E-state index in [1.54, 1.807) is 0 Å². The fourth-order valence-corrected chi connectivity index (χ4v) is 2.85. The monoisotopic (exact) mass is 308 g/mol. The lowest BCUT2D eigenvalue weighted by Gasteiger charge is -2.18. The maximum absolute atomic E-state index is 12.6. The first-order valence-corrected chi connectivity index (χ1v) is 7.88. The van der Waals surface area contributed by atoms with Gasteiger partial charge in [-0.15, -0.1) is 0 Å². The second-order valence-corrected chi connectivity index (χ2v) is 5.81. The summed E-state index contributed by atoms with van der Waals surface area (Å²) in [6.07, 6.45) is 1.16. The first-order valence-electron chi connectivity index (χ1n) is 7.88. The number of hydrogen-bond donors (Lipinski definition) is 1. The van der Waals surface area contributed by atoms with Crippen molar-refractivity contribution in [2.45, 2.75) is 32.7 Å². The molecule has 2 aromatic rings. The highest BCUT2D eigenvalue weighted by Gasteiger charge is 2.39. The van der Waals surface area contributed by atoms with Crippen molar-refractivity contribution >= 4 is 23.2 Å². The number of anilines is 2. The molecule has 4 nitrogen and oxygen atoms in total. The molecule has 0 saturated carbocycles. The maximum atomic E-state index is 12.6. The van der Waals surface area contributed by atoms with E-state index >= 15 is 0 Å². The summed E-state index contributed by atoms with van der Waals surface area (Å²) in [6.45, 7) is 4.00. The Morgan fingerprint density at radius 2 is 1.78 bits per heavy atom. The normalized spacial score (nSPS) is 17.7. The minimum Gasteiger partial charge on any atom is -0.373 e. The Labute approximate surface area is 136 Å². The first kappa shape index (κ1) is 15.3. The molecule has 0 bridgehead atoms. The summed E-state index contributed by atoms with van der Waals surface area (Å²) in [5.41, 5.74) is 3.70. The lowest BCUT2D eigenvalue weighted by molar-refractivity contribution is -0.121. The Morgan fingerprint density at radius 1 is 1.09 bits per heavy atom. The van der Waals surface area contributed by atoms with Gasteiger partial charge < -0.3 is 5.32 Å². The largest absolute Gasteiger partial charge is 0.373 e. The van der Waals surface area contributed by atoms with Crippen LogP contribution >= 0.6 is 0 Å². The average Bonchev–Trinajstić information content (AvgIpc) is 2.83. The predicted molar refractivity (Wildman–Crippen MR) is 91.5 cm³/mol. The molecule has 1 fully saturated rings. The Kier molecular flexibility index (Phi) is 4.15. The van der Waals surface area contributed by atoms with Gasteiger partial charge in [-0.3, -0.25) is 9.59 Å². The van der Waals surface area contributed by atoms with Crippen molar-refractivity contribution in [3.05, 3.63) is 59.7 Å². The summed E-state index contributed by atoms with van der Waals surface area (Å²) >= 11 is 0. The third-order valence-corrected chi connectivity index (χ3v) is 4.21. The summed E-state index contributed by atoms with van der Waals surface area (Å²) in [5.74, 6) is -0.351. The van der Waals surface area contributed by atoms with Crippen LogP contribution < -0.4 is 10.2 Å². The van der Waals surface area contributed by atoms with E-state index in [1.165, 1.54) is 10.5 Å². The van der Waals surface area contributed by atoms with E-state index in [0.29, 0.717) is 5.69 Å². The Balaban J connectivity index is 1.79. The standard InChI is InChI=1S/C19H20N2O2/c1-3-14-8-10-15(11-9-14)20-16-12-18(22)21(19(16)23)17-7-5-4-6-13(17)2/h4-11,16,20H,3,12H2,1-2H3/t16-/m1/s1. The molecule has 0 aromatic heterocycles. The highest BCUT2D eigenvalue weighted by molar-refractivity contribution is 6.23. The minimum atomic E-state index is -0.505. The number of nitrogens with one attached hydrogen (secondary N) is 1. The van der Waals surface area contributed by atoms with Crippen molar-refractivity contribution in [2.24, 2.45) is 0 Å². The molecule has 0 radical (unpaired) electrons. The lowest BCUT2D eigenvalue weighted by atomic mass is 10.1. The van der Waals surface area contributed by atoms with Crippen LogP contribution in [0.1, 0.15) is 24.5 Å².